The highest BCUT2D eigenvalue weighted by molar-refractivity contribution is 7.89. The quantitative estimate of drug-likeness (QED) is 0.376. The summed E-state index contributed by atoms with van der Waals surface area (Å²) in [7, 11) is -2.37. The maximum absolute atomic E-state index is 13.1. The van der Waals surface area contributed by atoms with Crippen molar-refractivity contribution in [3.05, 3.63) is 76.3 Å². The van der Waals surface area contributed by atoms with Gasteiger partial charge in [-0.25, -0.2) is 8.42 Å². The van der Waals surface area contributed by atoms with Crippen LogP contribution in [-0.2, 0) is 14.8 Å². The minimum Gasteiger partial charge on any atom is -0.383 e. The van der Waals surface area contributed by atoms with Crippen LogP contribution in [0, 0.1) is 16.0 Å². The molecule has 1 atom stereocenters. The van der Waals surface area contributed by atoms with Gasteiger partial charge in [-0.3, -0.25) is 14.9 Å². The number of amides is 1. The molecule has 0 saturated carbocycles. The predicted octanol–water partition coefficient (Wildman–Crippen LogP) is 4.07. The molecule has 4 rings (SSSR count). The SMILES string of the molecule is CNc1ccc(S(=O)(=O)N2CCC(C(=O)N[C@H](C)c3ccc4ccccc4c3)CC2)cc1[N+](=O)[O-]. The lowest BCUT2D eigenvalue weighted by molar-refractivity contribution is -0.384. The molecule has 0 aliphatic carbocycles. The third-order valence-corrected chi connectivity index (χ3v) is 8.42. The summed E-state index contributed by atoms with van der Waals surface area (Å²) in [4.78, 5) is 23.5. The number of nitrogens with one attached hydrogen (secondary N) is 2. The Morgan fingerprint density at radius 2 is 1.74 bits per heavy atom. The molecule has 1 amide bonds. The molecule has 1 fully saturated rings. The van der Waals surface area contributed by atoms with Crippen LogP contribution in [0.3, 0.4) is 0 Å². The number of hydrogen-bond donors (Lipinski definition) is 2. The van der Waals surface area contributed by atoms with Crippen molar-refractivity contribution in [3.8, 4) is 0 Å². The molecule has 1 aliphatic rings. The van der Waals surface area contributed by atoms with Gasteiger partial charge in [-0.05, 0) is 54.3 Å². The molecular weight excluding hydrogens is 468 g/mol. The van der Waals surface area contributed by atoms with E-state index in [2.05, 4.69) is 16.7 Å². The normalized spacial score (nSPS) is 16.1. The van der Waals surface area contributed by atoms with Crippen molar-refractivity contribution in [1.29, 1.82) is 0 Å². The number of anilines is 1. The van der Waals surface area contributed by atoms with Crippen molar-refractivity contribution in [1.82, 2.24) is 9.62 Å². The molecule has 3 aromatic carbocycles. The Bertz CT molecular complexity index is 1370. The number of nitro groups is 1. The molecule has 1 aliphatic heterocycles. The number of sulfonamides is 1. The lowest BCUT2D eigenvalue weighted by Gasteiger charge is -2.31. The molecule has 0 unspecified atom stereocenters. The molecule has 0 bridgehead atoms. The second kappa shape index (κ2) is 10.0. The Balaban J connectivity index is 1.40. The average molecular weight is 497 g/mol. The van der Waals surface area contributed by atoms with E-state index in [1.165, 1.54) is 23.5 Å². The number of carbonyl (C=O) groups excluding carboxylic acids is 1. The van der Waals surface area contributed by atoms with Gasteiger partial charge >= 0.3 is 0 Å². The molecular formula is C25H28N4O5S. The van der Waals surface area contributed by atoms with E-state index in [1.807, 2.05) is 43.3 Å². The van der Waals surface area contributed by atoms with Crippen LogP contribution < -0.4 is 10.6 Å². The van der Waals surface area contributed by atoms with Crippen LogP contribution in [0.25, 0.3) is 10.8 Å². The van der Waals surface area contributed by atoms with Gasteiger partial charge in [-0.15, -0.1) is 0 Å². The Morgan fingerprint density at radius 1 is 1.06 bits per heavy atom. The summed E-state index contributed by atoms with van der Waals surface area (Å²) in [6.45, 7) is 2.28. The van der Waals surface area contributed by atoms with Crippen LogP contribution >= 0.6 is 0 Å². The van der Waals surface area contributed by atoms with E-state index < -0.39 is 14.9 Å². The summed E-state index contributed by atoms with van der Waals surface area (Å²) in [5, 5.41) is 19.3. The molecule has 1 saturated heterocycles. The maximum Gasteiger partial charge on any atom is 0.293 e. The molecule has 10 heteroatoms. The second-order valence-electron chi connectivity index (χ2n) is 8.70. The van der Waals surface area contributed by atoms with Gasteiger partial charge < -0.3 is 10.6 Å². The van der Waals surface area contributed by atoms with E-state index >= 15 is 0 Å². The van der Waals surface area contributed by atoms with Gasteiger partial charge in [-0.2, -0.15) is 4.31 Å². The zero-order valence-corrected chi connectivity index (χ0v) is 20.4. The monoisotopic (exact) mass is 496 g/mol. The van der Waals surface area contributed by atoms with E-state index in [-0.39, 0.29) is 47.2 Å². The van der Waals surface area contributed by atoms with Crippen LogP contribution in [0.1, 0.15) is 31.4 Å². The summed E-state index contributed by atoms with van der Waals surface area (Å²) in [5.41, 5.74) is 0.944. The van der Waals surface area contributed by atoms with Gasteiger partial charge in [-0.1, -0.05) is 36.4 Å². The van der Waals surface area contributed by atoms with E-state index in [0.717, 1.165) is 22.4 Å². The fraction of sp³-hybridized carbons (Fsp3) is 0.320. The number of carbonyl (C=O) groups is 1. The molecule has 0 radical (unpaired) electrons. The summed E-state index contributed by atoms with van der Waals surface area (Å²) >= 11 is 0. The Morgan fingerprint density at radius 3 is 2.40 bits per heavy atom. The van der Waals surface area contributed by atoms with Gasteiger partial charge in [0.05, 0.1) is 15.9 Å². The van der Waals surface area contributed by atoms with E-state index in [4.69, 9.17) is 0 Å². The number of hydrogen-bond acceptors (Lipinski definition) is 6. The predicted molar refractivity (Wildman–Crippen MR) is 135 cm³/mol. The Kier molecular flexibility index (Phi) is 7.04. The molecule has 35 heavy (non-hydrogen) atoms. The molecule has 0 spiro atoms. The first-order valence-electron chi connectivity index (χ1n) is 11.5. The molecule has 9 nitrogen and oxygen atoms in total. The fourth-order valence-corrected chi connectivity index (χ4v) is 5.92. The van der Waals surface area contributed by atoms with Crippen molar-refractivity contribution < 1.29 is 18.1 Å². The van der Waals surface area contributed by atoms with Gasteiger partial charge in [0.25, 0.3) is 5.69 Å². The van der Waals surface area contributed by atoms with E-state index in [1.54, 1.807) is 0 Å². The van der Waals surface area contributed by atoms with Gasteiger partial charge in [0, 0.05) is 32.1 Å². The van der Waals surface area contributed by atoms with Crippen molar-refractivity contribution in [2.75, 3.05) is 25.5 Å². The lowest BCUT2D eigenvalue weighted by atomic mass is 9.96. The van der Waals surface area contributed by atoms with Gasteiger partial charge in [0.1, 0.15) is 5.69 Å². The standard InChI is InChI=1S/C25H28N4O5S/c1-17(20-8-7-18-5-3-4-6-21(18)15-20)27-25(30)19-11-13-28(14-12-19)35(33,34)22-9-10-23(26-2)24(16-22)29(31)32/h3-10,15-17,19,26H,11-14H2,1-2H3,(H,27,30)/t17-/m1/s1. The summed E-state index contributed by atoms with van der Waals surface area (Å²) < 4.78 is 27.5. The largest absolute Gasteiger partial charge is 0.383 e. The minimum absolute atomic E-state index is 0.100. The van der Waals surface area contributed by atoms with Crippen molar-refractivity contribution in [3.63, 3.8) is 0 Å². The number of rotatable bonds is 7. The number of piperidine rings is 1. The first kappa shape index (κ1) is 24.6. The van der Waals surface area contributed by atoms with Crippen LogP contribution in [0.2, 0.25) is 0 Å². The van der Waals surface area contributed by atoms with Crippen LogP contribution in [0.15, 0.2) is 65.6 Å². The second-order valence-corrected chi connectivity index (χ2v) is 10.6. The first-order chi connectivity index (χ1) is 16.7. The van der Waals surface area contributed by atoms with Gasteiger partial charge in [0.15, 0.2) is 0 Å². The molecule has 2 N–H and O–H groups in total. The third kappa shape index (κ3) is 5.13. The van der Waals surface area contributed by atoms with Crippen LogP contribution in [0.4, 0.5) is 11.4 Å². The number of nitro benzene ring substituents is 1. The molecule has 1 heterocycles. The first-order valence-corrected chi connectivity index (χ1v) is 12.9. The topological polar surface area (TPSA) is 122 Å². The summed E-state index contributed by atoms with van der Waals surface area (Å²) in [6, 6.07) is 17.8. The average Bonchev–Trinajstić information content (AvgIpc) is 2.87. The van der Waals surface area contributed by atoms with E-state index in [9.17, 15) is 23.3 Å². The number of benzene rings is 3. The Hall–Kier alpha value is -3.50. The molecule has 0 aromatic heterocycles. The lowest BCUT2D eigenvalue weighted by Crippen LogP contribution is -2.43. The third-order valence-electron chi connectivity index (χ3n) is 6.53. The highest BCUT2D eigenvalue weighted by atomic mass is 32.2. The number of fused-ring (bicyclic) bond motifs is 1. The molecule has 3 aromatic rings. The van der Waals surface area contributed by atoms with E-state index in [0.29, 0.717) is 12.8 Å². The highest BCUT2D eigenvalue weighted by Crippen LogP contribution is 2.31. The highest BCUT2D eigenvalue weighted by Gasteiger charge is 2.33. The number of nitrogens with zero attached hydrogens (tertiary/aromatic N) is 2. The van der Waals surface area contributed by atoms with Crippen molar-refractivity contribution >= 4 is 38.1 Å². The van der Waals surface area contributed by atoms with Crippen LogP contribution in [-0.4, -0.2) is 43.7 Å². The van der Waals surface area contributed by atoms with Crippen LogP contribution in [0.5, 0.6) is 0 Å². The zero-order chi connectivity index (χ0) is 25.2. The van der Waals surface area contributed by atoms with Crippen molar-refractivity contribution in [2.45, 2.75) is 30.7 Å². The van der Waals surface area contributed by atoms with Crippen molar-refractivity contribution in [2.24, 2.45) is 5.92 Å². The zero-order valence-electron chi connectivity index (χ0n) is 19.6. The summed E-state index contributed by atoms with van der Waals surface area (Å²) in [5.74, 6) is -0.401. The fourth-order valence-electron chi connectivity index (χ4n) is 4.43. The smallest absolute Gasteiger partial charge is 0.293 e. The maximum atomic E-state index is 13.1. The summed E-state index contributed by atoms with van der Waals surface area (Å²) in [6.07, 6.45) is 0.762. The van der Waals surface area contributed by atoms with Gasteiger partial charge in [0.2, 0.25) is 15.9 Å². The molecule has 184 valence electrons. The minimum atomic E-state index is -3.91. The Labute approximate surface area is 204 Å².